The van der Waals surface area contributed by atoms with Gasteiger partial charge in [0, 0.05) is 21.1 Å². The monoisotopic (exact) mass is 311 g/mol. The van der Waals surface area contributed by atoms with Crippen LogP contribution in [0.5, 0.6) is 0 Å². The van der Waals surface area contributed by atoms with Crippen molar-refractivity contribution in [3.63, 3.8) is 0 Å². The fraction of sp³-hybridized carbons (Fsp3) is 0.250. The van der Waals surface area contributed by atoms with Gasteiger partial charge < -0.3 is 5.73 Å². The van der Waals surface area contributed by atoms with Crippen LogP contribution in [0.2, 0.25) is 10.0 Å². The second-order valence-corrected chi connectivity index (χ2v) is 5.68. The van der Waals surface area contributed by atoms with Gasteiger partial charge in [0.2, 0.25) is 0 Å². The number of nitrogens with two attached hydrogens (primary N) is 1. The van der Waals surface area contributed by atoms with Crippen LogP contribution in [0.3, 0.4) is 0 Å². The van der Waals surface area contributed by atoms with Crippen LogP contribution in [0.1, 0.15) is 24.5 Å². The Balaban J connectivity index is 2.45. The van der Waals surface area contributed by atoms with Crippen LogP contribution >= 0.6 is 23.2 Å². The molecule has 2 N–H and O–H groups in total. The van der Waals surface area contributed by atoms with Gasteiger partial charge in [-0.25, -0.2) is 4.39 Å². The Labute approximate surface area is 128 Å². The zero-order valence-electron chi connectivity index (χ0n) is 11.2. The average Bonchev–Trinajstić information content (AvgIpc) is 2.43. The molecule has 2 aromatic carbocycles. The lowest BCUT2D eigenvalue weighted by atomic mass is 9.82. The van der Waals surface area contributed by atoms with Crippen molar-refractivity contribution >= 4 is 23.2 Å². The number of halogens is 3. The molecule has 0 saturated heterocycles. The van der Waals surface area contributed by atoms with E-state index in [0.29, 0.717) is 28.5 Å². The Bertz CT molecular complexity index is 595. The van der Waals surface area contributed by atoms with Gasteiger partial charge in [0.05, 0.1) is 0 Å². The van der Waals surface area contributed by atoms with Gasteiger partial charge in [-0.15, -0.1) is 0 Å². The van der Waals surface area contributed by atoms with Crippen molar-refractivity contribution < 1.29 is 4.39 Å². The molecule has 0 radical (unpaired) electrons. The van der Waals surface area contributed by atoms with Gasteiger partial charge in [0.15, 0.2) is 0 Å². The first-order chi connectivity index (χ1) is 9.48. The molecule has 2 aromatic rings. The van der Waals surface area contributed by atoms with E-state index in [1.807, 2.05) is 6.92 Å². The van der Waals surface area contributed by atoms with Gasteiger partial charge in [-0.1, -0.05) is 54.4 Å². The molecule has 0 spiro atoms. The topological polar surface area (TPSA) is 26.0 Å². The summed E-state index contributed by atoms with van der Waals surface area (Å²) in [5.41, 5.74) is 6.84. The van der Waals surface area contributed by atoms with E-state index in [1.54, 1.807) is 36.4 Å². The van der Waals surface area contributed by atoms with Crippen molar-refractivity contribution in [2.45, 2.75) is 25.3 Å². The zero-order valence-corrected chi connectivity index (χ0v) is 12.7. The largest absolute Gasteiger partial charge is 0.321 e. The smallest absolute Gasteiger partial charge is 0.128 e. The molecule has 20 heavy (non-hydrogen) atoms. The summed E-state index contributed by atoms with van der Waals surface area (Å²) in [6, 6.07) is 11.9. The maximum atomic E-state index is 14.0. The summed E-state index contributed by atoms with van der Waals surface area (Å²) in [5.74, 6) is -0.306. The molecule has 0 aliphatic rings. The molecular formula is C16H16Cl2FN. The fourth-order valence-electron chi connectivity index (χ4n) is 2.29. The number of hydrogen-bond acceptors (Lipinski definition) is 1. The molecular weight excluding hydrogens is 296 g/mol. The van der Waals surface area contributed by atoms with Crippen molar-refractivity contribution in [2.24, 2.45) is 5.73 Å². The summed E-state index contributed by atoms with van der Waals surface area (Å²) in [5, 5.41) is 1.11. The molecule has 0 fully saturated rings. The first-order valence-corrected chi connectivity index (χ1v) is 7.20. The summed E-state index contributed by atoms with van der Waals surface area (Å²) in [6.07, 6.45) is 0.971. The highest BCUT2D eigenvalue weighted by atomic mass is 35.5. The van der Waals surface area contributed by atoms with Gasteiger partial charge in [0.1, 0.15) is 5.82 Å². The van der Waals surface area contributed by atoms with Crippen LogP contribution in [0.4, 0.5) is 4.39 Å². The molecule has 1 nitrogen and oxygen atoms in total. The predicted octanol–water partition coefficient (Wildman–Crippen LogP) is 4.94. The zero-order chi connectivity index (χ0) is 14.8. The molecule has 0 amide bonds. The molecule has 0 aliphatic carbocycles. The lowest BCUT2D eigenvalue weighted by Gasteiger charge is -2.30. The molecule has 0 aromatic heterocycles. The van der Waals surface area contributed by atoms with E-state index in [9.17, 15) is 4.39 Å². The molecule has 0 bridgehead atoms. The minimum absolute atomic E-state index is 0.306. The Hall–Kier alpha value is -1.09. The Morgan fingerprint density at radius 3 is 2.20 bits per heavy atom. The van der Waals surface area contributed by atoms with Crippen molar-refractivity contribution in [1.82, 2.24) is 0 Å². The van der Waals surface area contributed by atoms with Crippen LogP contribution in [0.15, 0.2) is 42.5 Å². The Morgan fingerprint density at radius 2 is 1.65 bits per heavy atom. The van der Waals surface area contributed by atoms with Crippen LogP contribution in [0, 0.1) is 5.82 Å². The molecule has 0 heterocycles. The number of benzene rings is 2. The minimum Gasteiger partial charge on any atom is -0.321 e. The van der Waals surface area contributed by atoms with E-state index in [4.69, 9.17) is 28.9 Å². The predicted molar refractivity (Wildman–Crippen MR) is 82.7 cm³/mol. The molecule has 0 saturated carbocycles. The van der Waals surface area contributed by atoms with E-state index in [1.165, 1.54) is 6.07 Å². The van der Waals surface area contributed by atoms with E-state index in [0.717, 1.165) is 5.56 Å². The SMILES string of the molecule is CCC(N)(Cc1c(Cl)cccc1Cl)c1ccccc1F. The second kappa shape index (κ2) is 6.13. The minimum atomic E-state index is -0.833. The average molecular weight is 312 g/mol. The second-order valence-electron chi connectivity index (χ2n) is 4.87. The Morgan fingerprint density at radius 1 is 1.05 bits per heavy atom. The van der Waals surface area contributed by atoms with E-state index in [-0.39, 0.29) is 5.82 Å². The van der Waals surface area contributed by atoms with E-state index >= 15 is 0 Å². The highest BCUT2D eigenvalue weighted by Crippen LogP contribution is 2.34. The first kappa shape index (κ1) is 15.3. The van der Waals surface area contributed by atoms with Crippen molar-refractivity contribution in [3.8, 4) is 0 Å². The van der Waals surface area contributed by atoms with Gasteiger partial charge in [0.25, 0.3) is 0 Å². The van der Waals surface area contributed by atoms with Gasteiger partial charge >= 0.3 is 0 Å². The lowest BCUT2D eigenvalue weighted by Crippen LogP contribution is -2.39. The third-order valence-corrected chi connectivity index (χ3v) is 4.30. The highest BCUT2D eigenvalue weighted by molar-refractivity contribution is 6.36. The molecule has 1 atom stereocenters. The van der Waals surface area contributed by atoms with Gasteiger partial charge in [-0.3, -0.25) is 0 Å². The standard InChI is InChI=1S/C16H16Cl2FN/c1-2-16(20,12-6-3-4-9-15(12)19)10-11-13(17)7-5-8-14(11)18/h3-9H,2,10,20H2,1H3. The van der Waals surface area contributed by atoms with Crippen molar-refractivity contribution in [2.75, 3.05) is 0 Å². The molecule has 1 unspecified atom stereocenters. The molecule has 106 valence electrons. The van der Waals surface area contributed by atoms with E-state index in [2.05, 4.69) is 0 Å². The molecule has 4 heteroatoms. The summed E-state index contributed by atoms with van der Waals surface area (Å²) < 4.78 is 14.0. The summed E-state index contributed by atoms with van der Waals surface area (Å²) in [6.45, 7) is 1.93. The summed E-state index contributed by atoms with van der Waals surface area (Å²) >= 11 is 12.4. The molecule has 0 aliphatic heterocycles. The quantitative estimate of drug-likeness (QED) is 0.850. The maximum absolute atomic E-state index is 14.0. The van der Waals surface area contributed by atoms with Crippen LogP contribution in [-0.2, 0) is 12.0 Å². The fourth-order valence-corrected chi connectivity index (χ4v) is 2.82. The normalized spacial score (nSPS) is 14.1. The van der Waals surface area contributed by atoms with Gasteiger partial charge in [-0.2, -0.15) is 0 Å². The van der Waals surface area contributed by atoms with Crippen molar-refractivity contribution in [3.05, 3.63) is 69.5 Å². The summed E-state index contributed by atoms with van der Waals surface area (Å²) in [4.78, 5) is 0. The third-order valence-electron chi connectivity index (χ3n) is 3.60. The van der Waals surface area contributed by atoms with Gasteiger partial charge in [-0.05, 0) is 36.6 Å². The first-order valence-electron chi connectivity index (χ1n) is 6.44. The Kier molecular flexibility index (Phi) is 4.69. The number of rotatable bonds is 4. The lowest BCUT2D eigenvalue weighted by molar-refractivity contribution is 0.403. The van der Waals surface area contributed by atoms with Crippen LogP contribution in [-0.4, -0.2) is 0 Å². The maximum Gasteiger partial charge on any atom is 0.128 e. The molecule has 2 rings (SSSR count). The highest BCUT2D eigenvalue weighted by Gasteiger charge is 2.30. The van der Waals surface area contributed by atoms with Crippen molar-refractivity contribution in [1.29, 1.82) is 0 Å². The van der Waals surface area contributed by atoms with Crippen LogP contribution in [0.25, 0.3) is 0 Å². The van der Waals surface area contributed by atoms with Crippen LogP contribution < -0.4 is 5.73 Å². The number of hydrogen-bond donors (Lipinski definition) is 1. The summed E-state index contributed by atoms with van der Waals surface area (Å²) in [7, 11) is 0. The van der Waals surface area contributed by atoms with E-state index < -0.39 is 5.54 Å². The third kappa shape index (κ3) is 2.98.